The summed E-state index contributed by atoms with van der Waals surface area (Å²) in [6, 6.07) is 8.72. The zero-order valence-corrected chi connectivity index (χ0v) is 11.0. The SMILES string of the molecule is COc1ccccc1C(C)NC(=S)NC1CC1. The van der Waals surface area contributed by atoms with Crippen molar-refractivity contribution in [1.82, 2.24) is 10.6 Å². The standard InChI is InChI=1S/C13H18N2OS/c1-9(14-13(17)15-10-7-8-10)11-5-3-4-6-12(11)16-2/h3-6,9-10H,7-8H2,1-2H3,(H2,14,15,17). The van der Waals surface area contributed by atoms with E-state index in [2.05, 4.69) is 23.6 Å². The van der Waals surface area contributed by atoms with Gasteiger partial charge in [-0.2, -0.15) is 0 Å². The van der Waals surface area contributed by atoms with Crippen molar-refractivity contribution in [3.63, 3.8) is 0 Å². The molecule has 1 fully saturated rings. The molecular formula is C13H18N2OS. The minimum atomic E-state index is 0.143. The lowest BCUT2D eigenvalue weighted by Gasteiger charge is -2.19. The van der Waals surface area contributed by atoms with E-state index in [4.69, 9.17) is 17.0 Å². The molecule has 1 unspecified atom stereocenters. The molecule has 0 heterocycles. The van der Waals surface area contributed by atoms with Crippen molar-refractivity contribution in [3.05, 3.63) is 29.8 Å². The van der Waals surface area contributed by atoms with Crippen molar-refractivity contribution >= 4 is 17.3 Å². The highest BCUT2D eigenvalue weighted by atomic mass is 32.1. The lowest BCUT2D eigenvalue weighted by Crippen LogP contribution is -2.38. The highest BCUT2D eigenvalue weighted by Gasteiger charge is 2.22. The maximum absolute atomic E-state index is 5.34. The lowest BCUT2D eigenvalue weighted by molar-refractivity contribution is 0.405. The first-order valence-corrected chi connectivity index (χ1v) is 6.31. The molecule has 0 bridgehead atoms. The topological polar surface area (TPSA) is 33.3 Å². The maximum atomic E-state index is 5.34. The molecular weight excluding hydrogens is 232 g/mol. The maximum Gasteiger partial charge on any atom is 0.166 e. The van der Waals surface area contributed by atoms with E-state index in [-0.39, 0.29) is 6.04 Å². The van der Waals surface area contributed by atoms with Crippen molar-refractivity contribution in [2.24, 2.45) is 0 Å². The third-order valence-corrected chi connectivity index (χ3v) is 3.10. The van der Waals surface area contributed by atoms with E-state index in [1.165, 1.54) is 12.8 Å². The van der Waals surface area contributed by atoms with Crippen molar-refractivity contribution in [3.8, 4) is 5.75 Å². The second-order valence-electron chi connectivity index (χ2n) is 4.36. The summed E-state index contributed by atoms with van der Waals surface area (Å²) in [5.74, 6) is 0.890. The number of hydrogen-bond donors (Lipinski definition) is 2. The predicted molar refractivity (Wildman–Crippen MR) is 73.3 cm³/mol. The van der Waals surface area contributed by atoms with Crippen LogP contribution >= 0.6 is 12.2 Å². The number of methoxy groups -OCH3 is 1. The van der Waals surface area contributed by atoms with Gasteiger partial charge in [-0.15, -0.1) is 0 Å². The predicted octanol–water partition coefficient (Wildman–Crippen LogP) is 2.38. The van der Waals surface area contributed by atoms with Crippen LogP contribution in [0.25, 0.3) is 0 Å². The molecule has 1 aromatic rings. The molecule has 1 saturated carbocycles. The number of para-hydroxylation sites is 1. The molecule has 0 aliphatic heterocycles. The highest BCUT2D eigenvalue weighted by molar-refractivity contribution is 7.80. The van der Waals surface area contributed by atoms with Crippen molar-refractivity contribution in [2.45, 2.75) is 31.8 Å². The van der Waals surface area contributed by atoms with E-state index in [9.17, 15) is 0 Å². The summed E-state index contributed by atoms with van der Waals surface area (Å²) < 4.78 is 5.34. The molecule has 2 rings (SSSR count). The number of ether oxygens (including phenoxy) is 1. The van der Waals surface area contributed by atoms with E-state index in [0.717, 1.165) is 16.4 Å². The summed E-state index contributed by atoms with van der Waals surface area (Å²) in [6.07, 6.45) is 2.45. The normalized spacial score (nSPS) is 16.1. The molecule has 1 atom stereocenters. The molecule has 4 heteroatoms. The van der Waals surface area contributed by atoms with Crippen LogP contribution in [-0.4, -0.2) is 18.3 Å². The van der Waals surface area contributed by atoms with Gasteiger partial charge in [-0.3, -0.25) is 0 Å². The third kappa shape index (κ3) is 3.33. The molecule has 92 valence electrons. The molecule has 2 N–H and O–H groups in total. The van der Waals surface area contributed by atoms with E-state index >= 15 is 0 Å². The summed E-state index contributed by atoms with van der Waals surface area (Å²) in [7, 11) is 1.69. The van der Waals surface area contributed by atoms with Crippen LogP contribution in [0.15, 0.2) is 24.3 Å². The molecule has 0 spiro atoms. The number of nitrogens with one attached hydrogen (secondary N) is 2. The third-order valence-electron chi connectivity index (χ3n) is 2.87. The van der Waals surface area contributed by atoms with Crippen LogP contribution in [0.4, 0.5) is 0 Å². The first-order chi connectivity index (χ1) is 8.20. The lowest BCUT2D eigenvalue weighted by atomic mass is 10.1. The molecule has 3 nitrogen and oxygen atoms in total. The van der Waals surface area contributed by atoms with Crippen LogP contribution in [0.3, 0.4) is 0 Å². The van der Waals surface area contributed by atoms with Gasteiger partial charge in [0.1, 0.15) is 5.75 Å². The van der Waals surface area contributed by atoms with Gasteiger partial charge >= 0.3 is 0 Å². The first kappa shape index (κ1) is 12.2. The van der Waals surface area contributed by atoms with Gasteiger partial charge in [0.15, 0.2) is 5.11 Å². The van der Waals surface area contributed by atoms with Crippen LogP contribution in [-0.2, 0) is 0 Å². The van der Waals surface area contributed by atoms with Crippen molar-refractivity contribution in [2.75, 3.05) is 7.11 Å². The Balaban J connectivity index is 1.97. The quantitative estimate of drug-likeness (QED) is 0.804. The Kier molecular flexibility index (Phi) is 3.84. The Morgan fingerprint density at radius 2 is 2.12 bits per heavy atom. The molecule has 1 aliphatic rings. The first-order valence-electron chi connectivity index (χ1n) is 5.90. The van der Waals surface area contributed by atoms with Crippen molar-refractivity contribution < 1.29 is 4.74 Å². The Morgan fingerprint density at radius 1 is 1.41 bits per heavy atom. The number of rotatable bonds is 4. The summed E-state index contributed by atoms with van der Waals surface area (Å²) in [6.45, 7) is 2.08. The second-order valence-corrected chi connectivity index (χ2v) is 4.76. The fourth-order valence-corrected chi connectivity index (χ4v) is 2.10. The smallest absolute Gasteiger partial charge is 0.166 e. The summed E-state index contributed by atoms with van der Waals surface area (Å²) in [4.78, 5) is 0. The van der Waals surface area contributed by atoms with Crippen LogP contribution in [0.1, 0.15) is 31.4 Å². The summed E-state index contributed by atoms with van der Waals surface area (Å²) in [5.41, 5.74) is 1.12. The Morgan fingerprint density at radius 3 is 2.76 bits per heavy atom. The van der Waals surface area contributed by atoms with E-state index < -0.39 is 0 Å². The average Bonchev–Trinajstić information content (AvgIpc) is 3.12. The van der Waals surface area contributed by atoms with Crippen LogP contribution < -0.4 is 15.4 Å². The van der Waals surface area contributed by atoms with Gasteiger partial charge in [0.05, 0.1) is 13.2 Å². The zero-order valence-electron chi connectivity index (χ0n) is 10.2. The van der Waals surface area contributed by atoms with Gasteiger partial charge in [0.2, 0.25) is 0 Å². The number of hydrogen-bond acceptors (Lipinski definition) is 2. The molecule has 0 amide bonds. The molecule has 1 aliphatic carbocycles. The van der Waals surface area contributed by atoms with Gasteiger partial charge in [-0.1, -0.05) is 18.2 Å². The van der Waals surface area contributed by atoms with E-state index in [1.54, 1.807) is 7.11 Å². The minimum Gasteiger partial charge on any atom is -0.496 e. The Labute approximate surface area is 108 Å². The Bertz CT molecular complexity index is 404. The fourth-order valence-electron chi connectivity index (χ4n) is 1.75. The molecule has 0 radical (unpaired) electrons. The highest BCUT2D eigenvalue weighted by Crippen LogP contribution is 2.24. The largest absolute Gasteiger partial charge is 0.496 e. The molecule has 0 saturated heterocycles. The zero-order chi connectivity index (χ0) is 12.3. The minimum absolute atomic E-state index is 0.143. The van der Waals surface area contributed by atoms with Crippen LogP contribution in [0.2, 0.25) is 0 Å². The van der Waals surface area contributed by atoms with Gasteiger partial charge in [0.25, 0.3) is 0 Å². The summed E-state index contributed by atoms with van der Waals surface area (Å²) >= 11 is 5.26. The van der Waals surface area contributed by atoms with Crippen molar-refractivity contribution in [1.29, 1.82) is 0 Å². The molecule has 0 aromatic heterocycles. The number of benzene rings is 1. The second kappa shape index (κ2) is 5.36. The van der Waals surface area contributed by atoms with Gasteiger partial charge in [0, 0.05) is 11.6 Å². The van der Waals surface area contributed by atoms with E-state index in [1.807, 2.05) is 18.2 Å². The van der Waals surface area contributed by atoms with Gasteiger partial charge in [-0.05, 0) is 38.0 Å². The van der Waals surface area contributed by atoms with Gasteiger partial charge in [-0.25, -0.2) is 0 Å². The molecule has 1 aromatic carbocycles. The fraction of sp³-hybridized carbons (Fsp3) is 0.462. The average molecular weight is 250 g/mol. The molecule has 17 heavy (non-hydrogen) atoms. The van der Waals surface area contributed by atoms with Gasteiger partial charge < -0.3 is 15.4 Å². The summed E-state index contributed by atoms with van der Waals surface area (Å²) in [5, 5.41) is 7.28. The monoisotopic (exact) mass is 250 g/mol. The number of thiocarbonyl (C=S) groups is 1. The van der Waals surface area contributed by atoms with Crippen LogP contribution in [0.5, 0.6) is 5.75 Å². The Hall–Kier alpha value is -1.29. The van der Waals surface area contributed by atoms with Crippen LogP contribution in [0, 0.1) is 0 Å². The van der Waals surface area contributed by atoms with E-state index in [0.29, 0.717) is 6.04 Å².